The summed E-state index contributed by atoms with van der Waals surface area (Å²) in [5.74, 6) is -0.548. The van der Waals surface area contributed by atoms with E-state index < -0.39 is 21.8 Å². The highest BCUT2D eigenvalue weighted by molar-refractivity contribution is 7.90. The predicted molar refractivity (Wildman–Crippen MR) is 98.0 cm³/mol. The van der Waals surface area contributed by atoms with Crippen molar-refractivity contribution in [2.24, 2.45) is 5.73 Å². The second-order valence-corrected chi connectivity index (χ2v) is 8.99. The number of benzene rings is 1. The second kappa shape index (κ2) is 7.42. The van der Waals surface area contributed by atoms with Crippen molar-refractivity contribution in [3.63, 3.8) is 0 Å². The van der Waals surface area contributed by atoms with Gasteiger partial charge in [-0.2, -0.15) is 0 Å². The Morgan fingerprint density at radius 1 is 1.38 bits per heavy atom. The molecule has 1 aromatic heterocycles. The number of aryl methyl sites for hydroxylation is 2. The zero-order valence-corrected chi connectivity index (χ0v) is 15.5. The summed E-state index contributed by atoms with van der Waals surface area (Å²) in [6.07, 6.45) is 1.20. The summed E-state index contributed by atoms with van der Waals surface area (Å²) in [6.45, 7) is 4.04. The van der Waals surface area contributed by atoms with Crippen LogP contribution < -0.4 is 11.1 Å². The molecular formula is C16H21N3O3S2. The minimum absolute atomic E-state index is 0.0833. The molecule has 6 nitrogen and oxygen atoms in total. The molecule has 130 valence electrons. The van der Waals surface area contributed by atoms with Crippen molar-refractivity contribution in [3.05, 3.63) is 34.7 Å². The van der Waals surface area contributed by atoms with Crippen molar-refractivity contribution >= 4 is 32.2 Å². The molecule has 0 saturated heterocycles. The van der Waals surface area contributed by atoms with Gasteiger partial charge in [0.15, 0.2) is 5.13 Å². The van der Waals surface area contributed by atoms with Crippen molar-refractivity contribution in [2.75, 3.05) is 17.3 Å². The van der Waals surface area contributed by atoms with Crippen LogP contribution in [-0.4, -0.2) is 37.4 Å². The number of nitrogens with one attached hydrogen (secondary N) is 1. The van der Waals surface area contributed by atoms with E-state index in [0.29, 0.717) is 5.13 Å². The normalized spacial score (nSPS) is 12.8. The molecule has 1 atom stereocenters. The van der Waals surface area contributed by atoms with E-state index in [1.54, 1.807) is 0 Å². The molecule has 2 aromatic rings. The molecule has 24 heavy (non-hydrogen) atoms. The molecule has 1 aromatic carbocycles. The minimum Gasteiger partial charge on any atom is -0.320 e. The number of carbonyl (C=O) groups excluding carboxylic acids is 1. The number of carbonyl (C=O) groups is 1. The Morgan fingerprint density at radius 3 is 2.71 bits per heavy atom. The summed E-state index contributed by atoms with van der Waals surface area (Å²) >= 11 is 1.31. The third-order valence-corrected chi connectivity index (χ3v) is 5.26. The van der Waals surface area contributed by atoms with E-state index >= 15 is 0 Å². The Labute approximate surface area is 146 Å². The van der Waals surface area contributed by atoms with Crippen LogP contribution in [0.4, 0.5) is 5.13 Å². The summed E-state index contributed by atoms with van der Waals surface area (Å²) in [5, 5.41) is 4.97. The molecule has 0 aliphatic carbocycles. The van der Waals surface area contributed by atoms with Crippen LogP contribution >= 0.6 is 11.3 Å². The lowest BCUT2D eigenvalue weighted by atomic mass is 10.0. The fourth-order valence-electron chi connectivity index (χ4n) is 2.23. The average molecular weight is 367 g/mol. The lowest BCUT2D eigenvalue weighted by molar-refractivity contribution is -0.117. The van der Waals surface area contributed by atoms with E-state index in [1.807, 2.05) is 31.4 Å². The number of nitrogens with two attached hydrogens (primary N) is 1. The predicted octanol–water partition coefficient (Wildman–Crippen LogP) is 2.13. The quantitative estimate of drug-likeness (QED) is 0.814. The van der Waals surface area contributed by atoms with Crippen molar-refractivity contribution in [3.8, 4) is 11.3 Å². The molecule has 0 radical (unpaired) electrons. The van der Waals surface area contributed by atoms with Crippen LogP contribution in [-0.2, 0) is 14.6 Å². The Bertz CT molecular complexity index is 844. The highest BCUT2D eigenvalue weighted by Crippen LogP contribution is 2.28. The molecule has 8 heteroatoms. The highest BCUT2D eigenvalue weighted by Gasteiger charge is 2.17. The van der Waals surface area contributed by atoms with E-state index in [0.717, 1.165) is 23.1 Å². The standard InChI is InChI=1S/C16H21N3O3S2/c1-10-4-5-12(11(2)8-10)14-9-23-16(18-14)19-15(20)13(17)6-7-24(3,21)22/h4-5,8-9,13H,6-7,17H2,1-3H3,(H,18,19,20). The monoisotopic (exact) mass is 367 g/mol. The van der Waals surface area contributed by atoms with Crippen LogP contribution in [0.5, 0.6) is 0 Å². The maximum atomic E-state index is 12.0. The number of sulfone groups is 1. The van der Waals surface area contributed by atoms with Gasteiger partial charge in [0.2, 0.25) is 5.91 Å². The first-order valence-electron chi connectivity index (χ1n) is 7.43. The maximum absolute atomic E-state index is 12.0. The number of anilines is 1. The number of thiazole rings is 1. The molecule has 0 saturated carbocycles. The van der Waals surface area contributed by atoms with Gasteiger partial charge in [0.25, 0.3) is 0 Å². The first-order chi connectivity index (χ1) is 11.2. The van der Waals surface area contributed by atoms with E-state index in [-0.39, 0.29) is 12.2 Å². The minimum atomic E-state index is -3.14. The zero-order chi connectivity index (χ0) is 17.9. The number of rotatable bonds is 6. The zero-order valence-electron chi connectivity index (χ0n) is 13.9. The van der Waals surface area contributed by atoms with Gasteiger partial charge in [-0.25, -0.2) is 13.4 Å². The summed E-state index contributed by atoms with van der Waals surface area (Å²) in [4.78, 5) is 16.4. The van der Waals surface area contributed by atoms with Gasteiger partial charge >= 0.3 is 0 Å². The van der Waals surface area contributed by atoms with Crippen LogP contribution in [0.2, 0.25) is 0 Å². The van der Waals surface area contributed by atoms with E-state index in [4.69, 9.17) is 5.73 Å². The van der Waals surface area contributed by atoms with Gasteiger partial charge < -0.3 is 11.1 Å². The van der Waals surface area contributed by atoms with Gasteiger partial charge in [0.05, 0.1) is 17.5 Å². The van der Waals surface area contributed by atoms with Crippen molar-refractivity contribution in [1.29, 1.82) is 0 Å². The molecule has 0 aliphatic heterocycles. The average Bonchev–Trinajstić information content (AvgIpc) is 2.92. The largest absolute Gasteiger partial charge is 0.320 e. The van der Waals surface area contributed by atoms with Crippen molar-refractivity contribution < 1.29 is 13.2 Å². The van der Waals surface area contributed by atoms with Crippen LogP contribution in [0.25, 0.3) is 11.3 Å². The van der Waals surface area contributed by atoms with Crippen molar-refractivity contribution in [1.82, 2.24) is 4.98 Å². The third kappa shape index (κ3) is 5.12. The summed E-state index contributed by atoms with van der Waals surface area (Å²) < 4.78 is 22.3. The first kappa shape index (κ1) is 18.6. The van der Waals surface area contributed by atoms with Crippen LogP contribution in [0, 0.1) is 13.8 Å². The molecule has 1 amide bonds. The number of amides is 1. The molecule has 3 N–H and O–H groups in total. The fourth-order valence-corrected chi connectivity index (χ4v) is 3.62. The Morgan fingerprint density at radius 2 is 2.08 bits per heavy atom. The molecule has 1 heterocycles. The van der Waals surface area contributed by atoms with Crippen LogP contribution in [0.1, 0.15) is 17.5 Å². The first-order valence-corrected chi connectivity index (χ1v) is 10.4. The third-order valence-electron chi connectivity index (χ3n) is 3.53. The molecule has 0 aliphatic rings. The van der Waals surface area contributed by atoms with Gasteiger partial charge in [0, 0.05) is 17.2 Å². The van der Waals surface area contributed by atoms with Crippen molar-refractivity contribution in [2.45, 2.75) is 26.3 Å². The SMILES string of the molecule is Cc1ccc(-c2csc(NC(=O)C(N)CCS(C)(=O)=O)n2)c(C)c1. The Kier molecular flexibility index (Phi) is 5.74. The summed E-state index contributed by atoms with van der Waals surface area (Å²) in [6, 6.07) is 5.21. The fraction of sp³-hybridized carbons (Fsp3) is 0.375. The van der Waals surface area contributed by atoms with E-state index in [1.165, 1.54) is 16.9 Å². The number of aromatic nitrogens is 1. The second-order valence-electron chi connectivity index (χ2n) is 5.87. The number of nitrogens with zero attached hydrogens (tertiary/aromatic N) is 1. The molecular weight excluding hydrogens is 346 g/mol. The van der Waals surface area contributed by atoms with Gasteiger partial charge in [-0.1, -0.05) is 23.8 Å². The Hall–Kier alpha value is -1.77. The highest BCUT2D eigenvalue weighted by atomic mass is 32.2. The molecule has 0 fully saturated rings. The molecule has 1 unspecified atom stereocenters. The van der Waals surface area contributed by atoms with Gasteiger partial charge in [-0.3, -0.25) is 4.79 Å². The maximum Gasteiger partial charge on any atom is 0.243 e. The van der Waals surface area contributed by atoms with E-state index in [9.17, 15) is 13.2 Å². The van der Waals surface area contributed by atoms with Gasteiger partial charge in [0.1, 0.15) is 9.84 Å². The Balaban J connectivity index is 2.04. The van der Waals surface area contributed by atoms with Gasteiger partial charge in [-0.15, -0.1) is 11.3 Å². The number of hydrogen-bond acceptors (Lipinski definition) is 6. The smallest absolute Gasteiger partial charge is 0.243 e. The van der Waals surface area contributed by atoms with Crippen LogP contribution in [0.15, 0.2) is 23.6 Å². The molecule has 0 bridgehead atoms. The van der Waals surface area contributed by atoms with E-state index in [2.05, 4.69) is 16.4 Å². The molecule has 2 rings (SSSR count). The summed E-state index contributed by atoms with van der Waals surface area (Å²) in [7, 11) is -3.14. The summed E-state index contributed by atoms with van der Waals surface area (Å²) in [5.41, 5.74) is 9.82. The van der Waals surface area contributed by atoms with Gasteiger partial charge in [-0.05, 0) is 25.8 Å². The lowest BCUT2D eigenvalue weighted by Crippen LogP contribution is -2.37. The lowest BCUT2D eigenvalue weighted by Gasteiger charge is -2.09. The van der Waals surface area contributed by atoms with Crippen LogP contribution in [0.3, 0.4) is 0 Å². The number of hydrogen-bond donors (Lipinski definition) is 2. The molecule has 0 spiro atoms. The topological polar surface area (TPSA) is 102 Å².